The standard InChI is InChI=1S/C13H18FNOS/c1-9-12(6-8-16-9)17-13-10(5-7-15)3-2-4-11(13)14/h2-4,9,12H,5-8,15H2,1H3. The highest BCUT2D eigenvalue weighted by Gasteiger charge is 2.26. The van der Waals surface area contributed by atoms with Crippen molar-refractivity contribution < 1.29 is 9.13 Å². The van der Waals surface area contributed by atoms with Gasteiger partial charge in [0.2, 0.25) is 0 Å². The first-order chi connectivity index (χ1) is 8.22. The van der Waals surface area contributed by atoms with Crippen LogP contribution in [-0.4, -0.2) is 24.5 Å². The van der Waals surface area contributed by atoms with Gasteiger partial charge in [-0.05, 0) is 37.9 Å². The Morgan fingerprint density at radius 2 is 2.35 bits per heavy atom. The first-order valence-corrected chi connectivity index (χ1v) is 6.86. The van der Waals surface area contributed by atoms with E-state index in [4.69, 9.17) is 10.5 Å². The molecule has 2 unspecified atom stereocenters. The summed E-state index contributed by atoms with van der Waals surface area (Å²) in [6.07, 6.45) is 1.91. The second kappa shape index (κ2) is 5.85. The van der Waals surface area contributed by atoms with Crippen LogP contribution in [0.15, 0.2) is 23.1 Å². The Labute approximate surface area is 106 Å². The number of nitrogens with two attached hydrogens (primary N) is 1. The van der Waals surface area contributed by atoms with Crippen LogP contribution in [-0.2, 0) is 11.2 Å². The Balaban J connectivity index is 2.18. The fraction of sp³-hybridized carbons (Fsp3) is 0.538. The summed E-state index contributed by atoms with van der Waals surface area (Å²) in [6, 6.07) is 5.22. The van der Waals surface area contributed by atoms with Crippen molar-refractivity contribution in [3.05, 3.63) is 29.6 Å². The van der Waals surface area contributed by atoms with Gasteiger partial charge in [-0.25, -0.2) is 4.39 Å². The predicted molar refractivity (Wildman–Crippen MR) is 68.8 cm³/mol. The molecule has 0 aromatic heterocycles. The highest BCUT2D eigenvalue weighted by atomic mass is 32.2. The van der Waals surface area contributed by atoms with Crippen molar-refractivity contribution in [1.29, 1.82) is 0 Å². The van der Waals surface area contributed by atoms with E-state index < -0.39 is 0 Å². The van der Waals surface area contributed by atoms with Crippen LogP contribution in [0.5, 0.6) is 0 Å². The van der Waals surface area contributed by atoms with E-state index >= 15 is 0 Å². The lowest BCUT2D eigenvalue weighted by atomic mass is 10.1. The average Bonchev–Trinajstić information content (AvgIpc) is 2.70. The lowest BCUT2D eigenvalue weighted by Crippen LogP contribution is -2.14. The first kappa shape index (κ1) is 12.9. The van der Waals surface area contributed by atoms with Gasteiger partial charge in [0.25, 0.3) is 0 Å². The van der Waals surface area contributed by atoms with Crippen molar-refractivity contribution in [3.8, 4) is 0 Å². The number of benzene rings is 1. The van der Waals surface area contributed by atoms with Crippen LogP contribution < -0.4 is 5.73 Å². The normalized spacial score (nSPS) is 24.2. The second-order valence-electron chi connectivity index (χ2n) is 4.29. The quantitative estimate of drug-likeness (QED) is 0.898. The van der Waals surface area contributed by atoms with Crippen molar-refractivity contribution >= 4 is 11.8 Å². The fourth-order valence-electron chi connectivity index (χ4n) is 2.06. The number of rotatable bonds is 4. The molecule has 2 N–H and O–H groups in total. The van der Waals surface area contributed by atoms with Crippen LogP contribution in [0.3, 0.4) is 0 Å². The third-order valence-corrected chi connectivity index (χ3v) is 4.65. The van der Waals surface area contributed by atoms with Crippen molar-refractivity contribution in [2.75, 3.05) is 13.2 Å². The minimum atomic E-state index is -0.139. The summed E-state index contributed by atoms with van der Waals surface area (Å²) in [7, 11) is 0. The van der Waals surface area contributed by atoms with Gasteiger partial charge in [0.1, 0.15) is 5.82 Å². The Bertz CT molecular complexity index is 386. The zero-order chi connectivity index (χ0) is 12.3. The zero-order valence-corrected chi connectivity index (χ0v) is 10.8. The molecule has 1 heterocycles. The van der Waals surface area contributed by atoms with Gasteiger partial charge in [0.05, 0.1) is 6.10 Å². The first-order valence-electron chi connectivity index (χ1n) is 5.98. The third kappa shape index (κ3) is 3.00. The molecule has 0 amide bonds. The van der Waals surface area contributed by atoms with E-state index in [9.17, 15) is 4.39 Å². The predicted octanol–water partition coefficient (Wildman–Crippen LogP) is 2.60. The second-order valence-corrected chi connectivity index (χ2v) is 5.54. The molecule has 2 atom stereocenters. The molecule has 1 aromatic carbocycles. The van der Waals surface area contributed by atoms with Crippen molar-refractivity contribution in [3.63, 3.8) is 0 Å². The summed E-state index contributed by atoms with van der Waals surface area (Å²) in [5, 5.41) is 0.350. The number of hydrogen-bond acceptors (Lipinski definition) is 3. The summed E-state index contributed by atoms with van der Waals surface area (Å²) in [5.41, 5.74) is 6.57. The number of hydrogen-bond donors (Lipinski definition) is 1. The highest BCUT2D eigenvalue weighted by Crippen LogP contribution is 2.36. The van der Waals surface area contributed by atoms with Crippen molar-refractivity contribution in [2.24, 2.45) is 5.73 Å². The van der Waals surface area contributed by atoms with E-state index in [0.29, 0.717) is 11.8 Å². The molecule has 0 spiro atoms. The molecule has 0 bridgehead atoms. The van der Waals surface area contributed by atoms with Crippen LogP contribution in [0.25, 0.3) is 0 Å². The Morgan fingerprint density at radius 3 is 3.00 bits per heavy atom. The maximum absolute atomic E-state index is 13.9. The van der Waals surface area contributed by atoms with Gasteiger partial charge in [-0.3, -0.25) is 0 Å². The smallest absolute Gasteiger partial charge is 0.137 e. The third-order valence-electron chi connectivity index (χ3n) is 3.04. The van der Waals surface area contributed by atoms with Gasteiger partial charge in [-0.15, -0.1) is 11.8 Å². The molecular weight excluding hydrogens is 237 g/mol. The van der Waals surface area contributed by atoms with Gasteiger partial charge in [-0.2, -0.15) is 0 Å². The van der Waals surface area contributed by atoms with Crippen LogP contribution in [0, 0.1) is 5.82 Å². The molecule has 1 aliphatic heterocycles. The average molecular weight is 255 g/mol. The van der Waals surface area contributed by atoms with E-state index in [2.05, 4.69) is 0 Å². The molecule has 1 aromatic rings. The lowest BCUT2D eigenvalue weighted by Gasteiger charge is -2.16. The van der Waals surface area contributed by atoms with E-state index in [-0.39, 0.29) is 11.9 Å². The van der Waals surface area contributed by atoms with Crippen LogP contribution >= 0.6 is 11.8 Å². The van der Waals surface area contributed by atoms with E-state index in [0.717, 1.165) is 29.9 Å². The number of halogens is 1. The van der Waals surface area contributed by atoms with Crippen LogP contribution in [0.1, 0.15) is 18.9 Å². The van der Waals surface area contributed by atoms with Gasteiger partial charge in [0, 0.05) is 16.8 Å². The molecule has 4 heteroatoms. The Kier molecular flexibility index (Phi) is 4.42. The summed E-state index contributed by atoms with van der Waals surface area (Å²) >= 11 is 1.60. The molecule has 1 saturated heterocycles. The number of thioether (sulfide) groups is 1. The molecular formula is C13H18FNOS. The largest absolute Gasteiger partial charge is 0.377 e. The van der Waals surface area contributed by atoms with Gasteiger partial charge >= 0.3 is 0 Å². The maximum Gasteiger partial charge on any atom is 0.137 e. The summed E-state index contributed by atoms with van der Waals surface area (Å²) in [5.74, 6) is -0.139. The van der Waals surface area contributed by atoms with Crippen molar-refractivity contribution in [2.45, 2.75) is 36.0 Å². The van der Waals surface area contributed by atoms with E-state index in [1.54, 1.807) is 17.8 Å². The SMILES string of the molecule is CC1OCCC1Sc1c(F)cccc1CCN. The van der Waals surface area contributed by atoms with Gasteiger partial charge < -0.3 is 10.5 Å². The minimum Gasteiger partial charge on any atom is -0.377 e. The molecule has 1 aliphatic rings. The van der Waals surface area contributed by atoms with Crippen molar-refractivity contribution in [1.82, 2.24) is 0 Å². The zero-order valence-electron chi connectivity index (χ0n) is 9.99. The topological polar surface area (TPSA) is 35.2 Å². The van der Waals surface area contributed by atoms with E-state index in [1.165, 1.54) is 6.07 Å². The molecule has 17 heavy (non-hydrogen) atoms. The number of ether oxygens (including phenoxy) is 1. The molecule has 2 rings (SSSR count). The minimum absolute atomic E-state index is 0.139. The monoisotopic (exact) mass is 255 g/mol. The summed E-state index contributed by atoms with van der Waals surface area (Å²) < 4.78 is 19.4. The molecule has 0 radical (unpaired) electrons. The Hall–Kier alpha value is -0.580. The van der Waals surface area contributed by atoms with Crippen LogP contribution in [0.4, 0.5) is 4.39 Å². The molecule has 0 aliphatic carbocycles. The molecule has 94 valence electrons. The van der Waals surface area contributed by atoms with Gasteiger partial charge in [0.15, 0.2) is 0 Å². The summed E-state index contributed by atoms with van der Waals surface area (Å²) in [6.45, 7) is 3.38. The Morgan fingerprint density at radius 1 is 1.53 bits per heavy atom. The fourth-order valence-corrected chi connectivity index (χ4v) is 3.35. The highest BCUT2D eigenvalue weighted by molar-refractivity contribution is 8.00. The maximum atomic E-state index is 13.9. The molecule has 2 nitrogen and oxygen atoms in total. The summed E-state index contributed by atoms with van der Waals surface area (Å²) in [4.78, 5) is 0.750. The van der Waals surface area contributed by atoms with Gasteiger partial charge in [-0.1, -0.05) is 12.1 Å². The molecule has 1 fully saturated rings. The lowest BCUT2D eigenvalue weighted by molar-refractivity contribution is 0.127. The molecule has 0 saturated carbocycles. The van der Waals surface area contributed by atoms with E-state index in [1.807, 2.05) is 13.0 Å². The van der Waals surface area contributed by atoms with Crippen LogP contribution in [0.2, 0.25) is 0 Å².